The van der Waals surface area contributed by atoms with E-state index >= 15 is 0 Å². The van der Waals surface area contributed by atoms with E-state index in [1.165, 1.54) is 4.31 Å². The first kappa shape index (κ1) is 19.8. The van der Waals surface area contributed by atoms with Gasteiger partial charge in [-0.05, 0) is 49.7 Å². The van der Waals surface area contributed by atoms with E-state index in [1.807, 2.05) is 0 Å². The smallest absolute Gasteiger partial charge is 0.265 e. The molecule has 0 aromatic heterocycles. The van der Waals surface area contributed by atoms with Gasteiger partial charge in [-0.2, -0.15) is 0 Å². The summed E-state index contributed by atoms with van der Waals surface area (Å²) >= 11 is 12.0. The normalized spacial score (nSPS) is 16.8. The van der Waals surface area contributed by atoms with Gasteiger partial charge in [-0.25, -0.2) is 8.42 Å². The molecule has 9 heteroatoms. The molecule has 1 saturated heterocycles. The summed E-state index contributed by atoms with van der Waals surface area (Å²) in [5.74, 6) is 0.112. The number of carbonyl (C=O) groups excluding carboxylic acids is 1. The molecule has 3 rings (SSSR count). The van der Waals surface area contributed by atoms with Gasteiger partial charge in [0.2, 0.25) is 10.0 Å². The van der Waals surface area contributed by atoms with Crippen molar-refractivity contribution in [1.82, 2.24) is 0 Å². The molecular weight excluding hydrogens is 411 g/mol. The van der Waals surface area contributed by atoms with Gasteiger partial charge >= 0.3 is 0 Å². The van der Waals surface area contributed by atoms with Crippen LogP contribution in [-0.4, -0.2) is 32.7 Å². The number of anilines is 2. The number of sulfonamides is 1. The fourth-order valence-electron chi connectivity index (χ4n) is 2.70. The molecule has 0 radical (unpaired) electrons. The van der Waals surface area contributed by atoms with Gasteiger partial charge in [0, 0.05) is 12.2 Å². The minimum absolute atomic E-state index is 0.159. The lowest BCUT2D eigenvalue weighted by Gasteiger charge is -2.18. The average Bonchev–Trinajstić information content (AvgIpc) is 2.98. The molecule has 0 saturated carbocycles. The molecule has 1 atom stereocenters. The van der Waals surface area contributed by atoms with Crippen molar-refractivity contribution in [3.05, 3.63) is 52.5 Å². The van der Waals surface area contributed by atoms with Gasteiger partial charge in [0.15, 0.2) is 6.10 Å². The molecule has 1 aliphatic rings. The summed E-state index contributed by atoms with van der Waals surface area (Å²) in [6.07, 6.45) is -0.193. The van der Waals surface area contributed by atoms with E-state index in [9.17, 15) is 13.2 Å². The highest BCUT2D eigenvalue weighted by Crippen LogP contribution is 2.32. The first-order chi connectivity index (χ1) is 12.8. The highest BCUT2D eigenvalue weighted by molar-refractivity contribution is 7.93. The van der Waals surface area contributed by atoms with Crippen LogP contribution in [-0.2, 0) is 14.8 Å². The zero-order chi connectivity index (χ0) is 19.6. The average molecular weight is 429 g/mol. The number of ether oxygens (including phenoxy) is 1. The lowest BCUT2D eigenvalue weighted by atomic mass is 10.2. The minimum atomic E-state index is -3.23. The number of hydrogen-bond acceptors (Lipinski definition) is 4. The number of amides is 1. The second-order valence-corrected chi connectivity index (χ2v) is 8.89. The van der Waals surface area contributed by atoms with E-state index in [0.717, 1.165) is 0 Å². The third kappa shape index (κ3) is 4.48. The third-order valence-corrected chi connectivity index (χ3v) is 6.78. The maximum Gasteiger partial charge on any atom is 0.265 e. The van der Waals surface area contributed by atoms with E-state index in [4.69, 9.17) is 27.9 Å². The molecule has 1 amide bonds. The Hall–Kier alpha value is -1.96. The second-order valence-electron chi connectivity index (χ2n) is 6.09. The molecule has 0 bridgehead atoms. The zero-order valence-electron chi connectivity index (χ0n) is 14.5. The Balaban J connectivity index is 1.64. The second kappa shape index (κ2) is 7.96. The molecule has 144 valence electrons. The van der Waals surface area contributed by atoms with Crippen molar-refractivity contribution >= 4 is 50.5 Å². The zero-order valence-corrected chi connectivity index (χ0v) is 16.8. The largest absolute Gasteiger partial charge is 0.479 e. The summed E-state index contributed by atoms with van der Waals surface area (Å²) in [7, 11) is -3.23. The minimum Gasteiger partial charge on any atom is -0.479 e. The molecular formula is C18H18Cl2N2O4S. The van der Waals surface area contributed by atoms with Crippen LogP contribution in [0, 0.1) is 0 Å². The summed E-state index contributed by atoms with van der Waals surface area (Å²) in [5, 5.41) is 3.31. The molecule has 1 N–H and O–H groups in total. The van der Waals surface area contributed by atoms with Crippen LogP contribution in [0.2, 0.25) is 10.0 Å². The molecule has 6 nitrogen and oxygen atoms in total. The van der Waals surface area contributed by atoms with Crippen molar-refractivity contribution in [2.45, 2.75) is 19.4 Å². The summed E-state index contributed by atoms with van der Waals surface area (Å²) in [6, 6.07) is 11.6. The number of nitrogens with one attached hydrogen (secondary N) is 1. The summed E-state index contributed by atoms with van der Waals surface area (Å²) in [5.41, 5.74) is 1.12. The van der Waals surface area contributed by atoms with Gasteiger partial charge in [-0.3, -0.25) is 9.10 Å². The molecule has 27 heavy (non-hydrogen) atoms. The maximum atomic E-state index is 12.3. The van der Waals surface area contributed by atoms with Gasteiger partial charge in [0.25, 0.3) is 5.91 Å². The van der Waals surface area contributed by atoms with E-state index in [0.29, 0.717) is 35.1 Å². The molecule has 0 spiro atoms. The fourth-order valence-corrected chi connectivity index (χ4v) is 4.60. The van der Waals surface area contributed by atoms with Crippen molar-refractivity contribution < 1.29 is 17.9 Å². The number of carbonyl (C=O) groups is 1. The van der Waals surface area contributed by atoms with Gasteiger partial charge in [0.1, 0.15) is 10.8 Å². The number of hydrogen-bond donors (Lipinski definition) is 1. The van der Waals surface area contributed by atoms with Crippen molar-refractivity contribution in [2.75, 3.05) is 21.9 Å². The van der Waals surface area contributed by atoms with Crippen molar-refractivity contribution in [2.24, 2.45) is 0 Å². The summed E-state index contributed by atoms with van der Waals surface area (Å²) in [4.78, 5) is 12.3. The Kier molecular flexibility index (Phi) is 5.83. The van der Waals surface area contributed by atoms with Crippen molar-refractivity contribution in [1.29, 1.82) is 0 Å². The maximum absolute atomic E-state index is 12.3. The molecule has 1 aliphatic heterocycles. The van der Waals surface area contributed by atoms with Crippen molar-refractivity contribution in [3.63, 3.8) is 0 Å². The Bertz CT molecular complexity index is 948. The molecule has 1 unspecified atom stereocenters. The number of benzene rings is 2. The first-order valence-electron chi connectivity index (χ1n) is 8.30. The summed E-state index contributed by atoms with van der Waals surface area (Å²) < 4.78 is 30.9. The van der Waals surface area contributed by atoms with Crippen LogP contribution in [0.4, 0.5) is 11.4 Å². The van der Waals surface area contributed by atoms with E-state index in [2.05, 4.69) is 5.32 Å². The predicted octanol–water partition coefficient (Wildman–Crippen LogP) is 3.94. The Morgan fingerprint density at radius 1 is 1.19 bits per heavy atom. The predicted molar refractivity (Wildman–Crippen MR) is 107 cm³/mol. The number of halogens is 2. The van der Waals surface area contributed by atoms with Crippen LogP contribution in [0.25, 0.3) is 0 Å². The van der Waals surface area contributed by atoms with E-state index in [-0.39, 0.29) is 16.7 Å². The van der Waals surface area contributed by atoms with Crippen LogP contribution >= 0.6 is 23.2 Å². The van der Waals surface area contributed by atoms with E-state index < -0.39 is 16.1 Å². The SMILES string of the molecule is CC(Oc1cccc(Cl)c1Cl)C(=O)Nc1ccc(N2CCCS2(=O)=O)cc1. The quantitative estimate of drug-likeness (QED) is 0.782. The molecule has 0 aliphatic carbocycles. The van der Waals surface area contributed by atoms with Crippen LogP contribution in [0.1, 0.15) is 13.3 Å². The monoisotopic (exact) mass is 428 g/mol. The standard InChI is InChI=1S/C18H18Cl2N2O4S/c1-12(26-16-5-2-4-15(19)17(16)20)18(23)21-13-6-8-14(9-7-13)22-10-3-11-27(22,24)25/h2,4-9,12H,3,10-11H2,1H3,(H,21,23). The van der Waals surface area contributed by atoms with Crippen LogP contribution in [0.15, 0.2) is 42.5 Å². The Morgan fingerprint density at radius 3 is 2.52 bits per heavy atom. The number of nitrogens with zero attached hydrogens (tertiary/aromatic N) is 1. The third-order valence-electron chi connectivity index (χ3n) is 4.11. The van der Waals surface area contributed by atoms with Crippen LogP contribution < -0.4 is 14.4 Å². The van der Waals surface area contributed by atoms with E-state index in [1.54, 1.807) is 49.4 Å². The highest BCUT2D eigenvalue weighted by Gasteiger charge is 2.28. The summed E-state index contributed by atoms with van der Waals surface area (Å²) in [6.45, 7) is 2.07. The molecule has 2 aromatic carbocycles. The lowest BCUT2D eigenvalue weighted by Crippen LogP contribution is -2.30. The van der Waals surface area contributed by atoms with Gasteiger partial charge < -0.3 is 10.1 Å². The van der Waals surface area contributed by atoms with Gasteiger partial charge in [-0.15, -0.1) is 0 Å². The van der Waals surface area contributed by atoms with Gasteiger partial charge in [-0.1, -0.05) is 29.3 Å². The molecule has 2 aromatic rings. The topological polar surface area (TPSA) is 75.7 Å². The van der Waals surface area contributed by atoms with Crippen LogP contribution in [0.5, 0.6) is 5.75 Å². The van der Waals surface area contributed by atoms with Crippen molar-refractivity contribution in [3.8, 4) is 5.75 Å². The molecule has 1 heterocycles. The first-order valence-corrected chi connectivity index (χ1v) is 10.7. The molecule has 1 fully saturated rings. The van der Waals surface area contributed by atoms with Gasteiger partial charge in [0.05, 0.1) is 16.5 Å². The highest BCUT2D eigenvalue weighted by atomic mass is 35.5. The lowest BCUT2D eigenvalue weighted by molar-refractivity contribution is -0.122. The fraction of sp³-hybridized carbons (Fsp3) is 0.278. The van der Waals surface area contributed by atoms with Crippen LogP contribution in [0.3, 0.4) is 0 Å². The Labute approximate surface area is 168 Å². The number of rotatable bonds is 5. The Morgan fingerprint density at radius 2 is 1.89 bits per heavy atom.